The third kappa shape index (κ3) is 5.77. The Morgan fingerprint density at radius 2 is 1.70 bits per heavy atom. The van der Waals surface area contributed by atoms with Gasteiger partial charge in [-0.15, -0.1) is 5.46 Å². The Morgan fingerprint density at radius 3 is 2.30 bits per heavy atom. The first-order valence-corrected chi connectivity index (χ1v) is 6.56. The van der Waals surface area contributed by atoms with Gasteiger partial charge in [-0.25, -0.2) is 4.39 Å². The Balaban J connectivity index is 0.00000200. The summed E-state index contributed by atoms with van der Waals surface area (Å²) in [5.74, 6) is -0.862. The maximum Gasteiger partial charge on any atom is 1.00 e. The molecule has 7 heteroatoms. The summed E-state index contributed by atoms with van der Waals surface area (Å²) in [5.41, 5.74) is -0.651. The van der Waals surface area contributed by atoms with Crippen molar-refractivity contribution in [3.63, 3.8) is 0 Å². The van der Waals surface area contributed by atoms with E-state index in [1.54, 1.807) is 0 Å². The Hall–Kier alpha value is 0.601. The fourth-order valence-corrected chi connectivity index (χ4v) is 2.39. The molecule has 0 bridgehead atoms. The van der Waals surface area contributed by atoms with Gasteiger partial charge in [0, 0.05) is 0 Å². The molecule has 1 saturated carbocycles. The fourth-order valence-electron chi connectivity index (χ4n) is 2.39. The predicted molar refractivity (Wildman–Crippen MR) is 66.8 cm³/mol. The average molecular weight is 314 g/mol. The van der Waals surface area contributed by atoms with E-state index in [9.17, 15) is 17.3 Å². The molecule has 1 aromatic carbocycles. The van der Waals surface area contributed by atoms with Crippen LogP contribution in [-0.4, -0.2) is 13.1 Å². The van der Waals surface area contributed by atoms with Gasteiger partial charge in [0.25, 0.3) is 0 Å². The van der Waals surface area contributed by atoms with Gasteiger partial charge in [0.1, 0.15) is 5.82 Å². The molecule has 0 aromatic heterocycles. The van der Waals surface area contributed by atoms with Gasteiger partial charge >= 0.3 is 58.4 Å². The Bertz CT molecular complexity index is 433. The predicted octanol–water partition coefficient (Wildman–Crippen LogP) is 0.733. The van der Waals surface area contributed by atoms with Gasteiger partial charge in [-0.3, -0.25) is 0 Å². The fraction of sp³-hybridized carbons (Fsp3) is 0.538. The molecule has 0 aliphatic heterocycles. The van der Waals surface area contributed by atoms with Crippen LogP contribution in [0.15, 0.2) is 18.2 Å². The van der Waals surface area contributed by atoms with Crippen LogP contribution in [0, 0.1) is 5.82 Å². The van der Waals surface area contributed by atoms with E-state index < -0.39 is 18.3 Å². The second kappa shape index (κ2) is 8.29. The molecular formula is C13H16BF4KO. The monoisotopic (exact) mass is 314 g/mol. The third-order valence-corrected chi connectivity index (χ3v) is 3.40. The van der Waals surface area contributed by atoms with Crippen molar-refractivity contribution in [2.75, 3.05) is 0 Å². The smallest absolute Gasteiger partial charge is 0.445 e. The van der Waals surface area contributed by atoms with Crippen molar-refractivity contribution in [2.45, 2.75) is 44.8 Å². The number of hydrogen-bond donors (Lipinski definition) is 0. The van der Waals surface area contributed by atoms with Gasteiger partial charge in [-0.1, -0.05) is 31.4 Å². The number of benzene rings is 1. The zero-order valence-corrected chi connectivity index (χ0v) is 14.7. The molecule has 0 spiro atoms. The number of ether oxygens (including phenoxy) is 1. The minimum absolute atomic E-state index is 0. The van der Waals surface area contributed by atoms with Gasteiger partial charge in [0.05, 0.1) is 12.7 Å². The van der Waals surface area contributed by atoms with Crippen LogP contribution in [0.25, 0.3) is 0 Å². The van der Waals surface area contributed by atoms with Crippen LogP contribution in [-0.2, 0) is 11.3 Å². The van der Waals surface area contributed by atoms with E-state index in [2.05, 4.69) is 0 Å². The second-order valence-corrected chi connectivity index (χ2v) is 5.04. The number of rotatable bonds is 4. The molecule has 2 rings (SSSR count). The van der Waals surface area contributed by atoms with Crippen molar-refractivity contribution in [3.05, 3.63) is 29.6 Å². The Kier molecular flexibility index (Phi) is 7.73. The van der Waals surface area contributed by atoms with Crippen LogP contribution in [0.5, 0.6) is 0 Å². The van der Waals surface area contributed by atoms with E-state index in [0.29, 0.717) is 6.07 Å². The normalized spacial score (nSPS) is 16.8. The summed E-state index contributed by atoms with van der Waals surface area (Å²) in [7, 11) is 0. The van der Waals surface area contributed by atoms with Crippen LogP contribution in [0.2, 0.25) is 0 Å². The largest absolute Gasteiger partial charge is 1.00 e. The first-order valence-electron chi connectivity index (χ1n) is 6.56. The zero-order valence-electron chi connectivity index (χ0n) is 11.5. The standard InChI is InChI=1S/C13H16BF4O.K/c15-12-7-10(6-11(8-12)14(16,17)18)9-19-13-4-2-1-3-5-13;/h6-8,13H,1-5,9H2;/q-1;+1. The van der Waals surface area contributed by atoms with Crippen molar-refractivity contribution in [1.29, 1.82) is 0 Å². The maximum absolute atomic E-state index is 13.2. The molecule has 1 nitrogen and oxygen atoms in total. The summed E-state index contributed by atoms with van der Waals surface area (Å²) in [4.78, 5) is 0. The quantitative estimate of drug-likeness (QED) is 0.588. The molecule has 106 valence electrons. The molecule has 0 atom stereocenters. The van der Waals surface area contributed by atoms with Crippen molar-refractivity contribution in [1.82, 2.24) is 0 Å². The first-order chi connectivity index (χ1) is 8.95. The van der Waals surface area contributed by atoms with Crippen molar-refractivity contribution in [3.8, 4) is 0 Å². The van der Waals surface area contributed by atoms with Gasteiger partial charge in [0.2, 0.25) is 0 Å². The molecule has 0 amide bonds. The molecule has 1 aliphatic carbocycles. The van der Waals surface area contributed by atoms with Gasteiger partial charge in [-0.05, 0) is 24.5 Å². The van der Waals surface area contributed by atoms with Crippen molar-refractivity contribution < 1.29 is 73.5 Å². The van der Waals surface area contributed by atoms with Crippen LogP contribution < -0.4 is 56.8 Å². The van der Waals surface area contributed by atoms with Gasteiger partial charge < -0.3 is 17.7 Å². The maximum atomic E-state index is 13.2. The molecule has 1 aliphatic rings. The van der Waals surface area contributed by atoms with Gasteiger partial charge in [-0.2, -0.15) is 0 Å². The Morgan fingerprint density at radius 1 is 1.05 bits per heavy atom. The van der Waals surface area contributed by atoms with Crippen molar-refractivity contribution >= 4 is 12.4 Å². The van der Waals surface area contributed by atoms with E-state index in [1.807, 2.05) is 0 Å². The van der Waals surface area contributed by atoms with E-state index in [-0.39, 0.29) is 69.7 Å². The molecule has 0 N–H and O–H groups in total. The summed E-state index contributed by atoms with van der Waals surface area (Å²) >= 11 is 0. The van der Waals surface area contributed by atoms with E-state index in [4.69, 9.17) is 4.74 Å². The average Bonchev–Trinajstić information content (AvgIpc) is 2.36. The minimum atomic E-state index is -5.17. The summed E-state index contributed by atoms with van der Waals surface area (Å²) in [6.45, 7) is -5.13. The first kappa shape index (κ1) is 18.6. The molecule has 0 heterocycles. The summed E-state index contributed by atoms with van der Waals surface area (Å²) in [5, 5.41) is 0. The molecule has 1 aromatic rings. The molecule has 0 unspecified atom stereocenters. The minimum Gasteiger partial charge on any atom is -0.445 e. The third-order valence-electron chi connectivity index (χ3n) is 3.40. The van der Waals surface area contributed by atoms with E-state index in [1.165, 1.54) is 6.42 Å². The van der Waals surface area contributed by atoms with Crippen molar-refractivity contribution in [2.24, 2.45) is 0 Å². The number of halogens is 4. The van der Waals surface area contributed by atoms with Gasteiger partial charge in [0.15, 0.2) is 0 Å². The van der Waals surface area contributed by atoms with Crippen LogP contribution in [0.3, 0.4) is 0 Å². The summed E-state index contributed by atoms with van der Waals surface area (Å²) < 4.78 is 56.5. The zero-order chi connectivity index (χ0) is 13.9. The van der Waals surface area contributed by atoms with E-state index >= 15 is 0 Å². The molecule has 0 radical (unpaired) electrons. The molecule has 1 fully saturated rings. The molecular weight excluding hydrogens is 298 g/mol. The topological polar surface area (TPSA) is 9.23 Å². The summed E-state index contributed by atoms with van der Waals surface area (Å²) in [6, 6.07) is 2.62. The van der Waals surface area contributed by atoms with Crippen LogP contribution in [0.1, 0.15) is 37.7 Å². The SMILES string of the molecule is Fc1cc(COC2CCCCC2)cc([B-](F)(F)F)c1.[K+]. The molecule has 0 saturated heterocycles. The Labute approximate surface area is 158 Å². The van der Waals surface area contributed by atoms with Crippen LogP contribution >= 0.6 is 0 Å². The van der Waals surface area contributed by atoms with Crippen LogP contribution in [0.4, 0.5) is 17.3 Å². The second-order valence-electron chi connectivity index (χ2n) is 5.04. The van der Waals surface area contributed by atoms with E-state index in [0.717, 1.165) is 37.8 Å². The summed E-state index contributed by atoms with van der Waals surface area (Å²) in [6.07, 6.45) is 5.32. The number of hydrogen-bond acceptors (Lipinski definition) is 1. The molecule has 20 heavy (non-hydrogen) atoms.